The maximum Gasteiger partial charge on any atom is 0.254 e. The van der Waals surface area contributed by atoms with Gasteiger partial charge >= 0.3 is 0 Å². The molecule has 1 aromatic rings. The molecule has 0 spiro atoms. The first-order valence-electron chi connectivity index (χ1n) is 11.1. The number of hydrogen-bond acceptors (Lipinski definition) is 2. The van der Waals surface area contributed by atoms with E-state index in [-0.39, 0.29) is 5.91 Å². The third kappa shape index (κ3) is 3.25. The van der Waals surface area contributed by atoms with E-state index < -0.39 is 0 Å². The SMILES string of the molecule is Cc1ccccc1C(=O)N1CCN(C(=O)CC23CC4CC(CC(C4)C2)C3)CC1. The fourth-order valence-electron chi connectivity index (χ4n) is 7.08. The summed E-state index contributed by atoms with van der Waals surface area (Å²) >= 11 is 0. The van der Waals surface area contributed by atoms with Crippen LogP contribution in [0.4, 0.5) is 0 Å². The molecule has 2 amide bonds. The normalized spacial score (nSPS) is 34.0. The van der Waals surface area contributed by atoms with E-state index in [1.54, 1.807) is 0 Å². The molecule has 1 aromatic carbocycles. The maximum atomic E-state index is 13.1. The van der Waals surface area contributed by atoms with Gasteiger partial charge in [-0.15, -0.1) is 0 Å². The Kier molecular flexibility index (Phi) is 4.48. The van der Waals surface area contributed by atoms with E-state index in [4.69, 9.17) is 0 Å². The average molecular weight is 381 g/mol. The third-order valence-electron chi connectivity index (χ3n) is 7.99. The van der Waals surface area contributed by atoms with Crippen LogP contribution in [-0.4, -0.2) is 47.8 Å². The van der Waals surface area contributed by atoms with Gasteiger partial charge in [-0.3, -0.25) is 9.59 Å². The fraction of sp³-hybridized carbons (Fsp3) is 0.667. The number of piperazine rings is 1. The topological polar surface area (TPSA) is 40.6 Å². The Bertz CT molecular complexity index is 743. The molecule has 5 aliphatic rings. The first-order valence-corrected chi connectivity index (χ1v) is 11.1. The van der Waals surface area contributed by atoms with Crippen molar-refractivity contribution < 1.29 is 9.59 Å². The Morgan fingerprint density at radius 3 is 2.00 bits per heavy atom. The van der Waals surface area contributed by atoms with Crippen LogP contribution in [0.25, 0.3) is 0 Å². The molecule has 4 bridgehead atoms. The summed E-state index contributed by atoms with van der Waals surface area (Å²) in [5.74, 6) is 3.11. The van der Waals surface area contributed by atoms with Gasteiger partial charge in [-0.2, -0.15) is 0 Å². The number of nitrogens with zero attached hydrogens (tertiary/aromatic N) is 2. The van der Waals surface area contributed by atoms with E-state index in [9.17, 15) is 9.59 Å². The molecular formula is C24H32N2O2. The maximum absolute atomic E-state index is 13.1. The van der Waals surface area contributed by atoms with Crippen LogP contribution in [-0.2, 0) is 4.79 Å². The minimum absolute atomic E-state index is 0.103. The van der Waals surface area contributed by atoms with Crippen molar-refractivity contribution in [1.82, 2.24) is 9.80 Å². The summed E-state index contributed by atoms with van der Waals surface area (Å²) in [4.78, 5) is 29.9. The van der Waals surface area contributed by atoms with Gasteiger partial charge in [0.25, 0.3) is 5.91 Å². The predicted octanol–water partition coefficient (Wildman–Crippen LogP) is 3.89. The largest absolute Gasteiger partial charge is 0.339 e. The van der Waals surface area contributed by atoms with Crippen LogP contribution in [0.1, 0.15) is 60.9 Å². The Balaban J connectivity index is 1.19. The lowest BCUT2D eigenvalue weighted by atomic mass is 9.49. The molecule has 0 N–H and O–H groups in total. The number of amides is 2. The van der Waals surface area contributed by atoms with Gasteiger partial charge in [0.1, 0.15) is 0 Å². The van der Waals surface area contributed by atoms with Gasteiger partial charge in [0.2, 0.25) is 5.91 Å². The molecule has 28 heavy (non-hydrogen) atoms. The van der Waals surface area contributed by atoms with Crippen molar-refractivity contribution in [1.29, 1.82) is 0 Å². The first-order chi connectivity index (χ1) is 13.5. The van der Waals surface area contributed by atoms with Gasteiger partial charge in [-0.25, -0.2) is 0 Å². The highest BCUT2D eigenvalue weighted by Gasteiger charge is 2.51. The minimum atomic E-state index is 0.103. The molecule has 0 atom stereocenters. The quantitative estimate of drug-likeness (QED) is 0.798. The van der Waals surface area contributed by atoms with Gasteiger partial charge in [-0.05, 0) is 80.2 Å². The van der Waals surface area contributed by atoms with Gasteiger partial charge in [-0.1, -0.05) is 18.2 Å². The van der Waals surface area contributed by atoms with E-state index in [0.29, 0.717) is 37.5 Å². The molecule has 4 nitrogen and oxygen atoms in total. The minimum Gasteiger partial charge on any atom is -0.339 e. The first kappa shape index (κ1) is 18.2. The standard InChI is InChI=1S/C24H32N2O2/c1-17-4-2-3-5-21(17)23(28)26-8-6-25(7-9-26)22(27)16-24-13-18-10-19(14-24)12-20(11-18)15-24/h2-5,18-20H,6-16H2,1H3. The lowest BCUT2D eigenvalue weighted by molar-refractivity contribution is -0.141. The molecule has 6 rings (SSSR count). The Hall–Kier alpha value is -1.84. The summed E-state index contributed by atoms with van der Waals surface area (Å²) in [6, 6.07) is 7.78. The summed E-state index contributed by atoms with van der Waals surface area (Å²) in [6.07, 6.45) is 8.89. The molecule has 4 saturated carbocycles. The number of hydrogen-bond donors (Lipinski definition) is 0. The van der Waals surface area contributed by atoms with Gasteiger partial charge in [0.05, 0.1) is 0 Å². The number of rotatable bonds is 3. The van der Waals surface area contributed by atoms with Crippen LogP contribution in [0.15, 0.2) is 24.3 Å². The zero-order valence-electron chi connectivity index (χ0n) is 17.0. The monoisotopic (exact) mass is 380 g/mol. The molecule has 1 aliphatic heterocycles. The van der Waals surface area contributed by atoms with E-state index >= 15 is 0 Å². The van der Waals surface area contributed by atoms with E-state index in [1.807, 2.05) is 41.0 Å². The second-order valence-corrected chi connectivity index (χ2v) is 10.1. The lowest BCUT2D eigenvalue weighted by Crippen LogP contribution is -2.53. The summed E-state index contributed by atoms with van der Waals surface area (Å²) in [6.45, 7) is 4.66. The predicted molar refractivity (Wildman–Crippen MR) is 109 cm³/mol. The zero-order chi connectivity index (χ0) is 19.3. The fourth-order valence-corrected chi connectivity index (χ4v) is 7.08. The molecule has 0 unspecified atom stereocenters. The smallest absolute Gasteiger partial charge is 0.254 e. The van der Waals surface area contributed by atoms with Crippen molar-refractivity contribution in [2.75, 3.05) is 26.2 Å². The highest BCUT2D eigenvalue weighted by atomic mass is 16.2. The Morgan fingerprint density at radius 2 is 1.43 bits per heavy atom. The van der Waals surface area contributed by atoms with Crippen molar-refractivity contribution >= 4 is 11.8 Å². The van der Waals surface area contributed by atoms with Gasteiger partial charge in [0, 0.05) is 38.2 Å². The molecule has 1 saturated heterocycles. The second kappa shape index (κ2) is 6.89. The number of aryl methyl sites for hydroxylation is 1. The van der Waals surface area contributed by atoms with E-state index in [2.05, 4.69) is 0 Å². The van der Waals surface area contributed by atoms with Crippen LogP contribution >= 0.6 is 0 Å². The van der Waals surface area contributed by atoms with Gasteiger partial charge < -0.3 is 9.80 Å². The Labute approximate surface area is 168 Å². The number of carbonyl (C=O) groups excluding carboxylic acids is 2. The van der Waals surface area contributed by atoms with Crippen molar-refractivity contribution in [2.24, 2.45) is 23.2 Å². The van der Waals surface area contributed by atoms with Crippen molar-refractivity contribution in [3.63, 3.8) is 0 Å². The van der Waals surface area contributed by atoms with Crippen LogP contribution < -0.4 is 0 Å². The molecule has 0 aromatic heterocycles. The molecule has 5 fully saturated rings. The molecule has 4 aliphatic carbocycles. The van der Waals surface area contributed by atoms with Crippen molar-refractivity contribution in [3.8, 4) is 0 Å². The van der Waals surface area contributed by atoms with Crippen LogP contribution in [0.2, 0.25) is 0 Å². The number of benzene rings is 1. The lowest BCUT2D eigenvalue weighted by Gasteiger charge is -2.57. The van der Waals surface area contributed by atoms with Crippen LogP contribution in [0.5, 0.6) is 0 Å². The van der Waals surface area contributed by atoms with Crippen LogP contribution in [0.3, 0.4) is 0 Å². The van der Waals surface area contributed by atoms with E-state index in [1.165, 1.54) is 38.5 Å². The molecule has 4 heteroatoms. The third-order valence-corrected chi connectivity index (χ3v) is 7.99. The van der Waals surface area contributed by atoms with Crippen LogP contribution in [0, 0.1) is 30.1 Å². The molecule has 0 radical (unpaired) electrons. The molecular weight excluding hydrogens is 348 g/mol. The summed E-state index contributed by atoms with van der Waals surface area (Å²) in [5, 5.41) is 0. The highest BCUT2D eigenvalue weighted by molar-refractivity contribution is 5.95. The van der Waals surface area contributed by atoms with Crippen molar-refractivity contribution in [3.05, 3.63) is 35.4 Å². The Morgan fingerprint density at radius 1 is 0.893 bits per heavy atom. The summed E-state index contributed by atoms with van der Waals surface area (Å²) in [5.41, 5.74) is 2.11. The molecule has 150 valence electrons. The summed E-state index contributed by atoms with van der Waals surface area (Å²) < 4.78 is 0. The summed E-state index contributed by atoms with van der Waals surface area (Å²) in [7, 11) is 0. The van der Waals surface area contributed by atoms with Gasteiger partial charge in [0.15, 0.2) is 0 Å². The zero-order valence-corrected chi connectivity index (χ0v) is 17.0. The number of carbonyl (C=O) groups is 2. The van der Waals surface area contributed by atoms with E-state index in [0.717, 1.165) is 35.3 Å². The van der Waals surface area contributed by atoms with Crippen molar-refractivity contribution in [2.45, 2.75) is 51.9 Å². The highest BCUT2D eigenvalue weighted by Crippen LogP contribution is 2.61. The molecule has 1 heterocycles. The average Bonchev–Trinajstić information content (AvgIpc) is 2.66. The second-order valence-electron chi connectivity index (χ2n) is 10.1.